The zero-order valence-corrected chi connectivity index (χ0v) is 9.90. The van der Waals surface area contributed by atoms with Crippen LogP contribution in [0, 0.1) is 11.3 Å². The number of nitrogens with zero attached hydrogens (tertiary/aromatic N) is 2. The highest BCUT2D eigenvalue weighted by molar-refractivity contribution is 5.79. The second kappa shape index (κ2) is 7.25. The van der Waals surface area contributed by atoms with E-state index in [2.05, 4.69) is 28.7 Å². The molecule has 0 saturated carbocycles. The minimum atomic E-state index is 0.492. The molecule has 0 radical (unpaired) electrons. The molecule has 1 aromatic rings. The third kappa shape index (κ3) is 4.53. The fourth-order valence-corrected chi connectivity index (χ4v) is 1.31. The van der Waals surface area contributed by atoms with E-state index in [4.69, 9.17) is 11.1 Å². The Hall–Kier alpha value is -2.06. The number of nitrogens with one attached hydrogen (secondary N) is 2. The number of rotatable bonds is 4. The predicted octanol–water partition coefficient (Wildman–Crippen LogP) is 0.877. The van der Waals surface area contributed by atoms with Crippen LogP contribution >= 0.6 is 0 Å². The first-order chi connectivity index (χ1) is 8.30. The van der Waals surface area contributed by atoms with Crippen molar-refractivity contribution in [2.45, 2.75) is 19.9 Å². The van der Waals surface area contributed by atoms with E-state index in [9.17, 15) is 0 Å². The Labute approximate surface area is 101 Å². The van der Waals surface area contributed by atoms with Crippen LogP contribution in [0.1, 0.15) is 24.5 Å². The van der Waals surface area contributed by atoms with E-state index < -0.39 is 0 Å². The van der Waals surface area contributed by atoms with Gasteiger partial charge in [-0.3, -0.25) is 5.43 Å². The Kier molecular flexibility index (Phi) is 5.55. The average Bonchev–Trinajstić information content (AvgIpc) is 2.39. The first-order valence-corrected chi connectivity index (χ1v) is 5.54. The van der Waals surface area contributed by atoms with Crippen molar-refractivity contribution in [3.63, 3.8) is 0 Å². The summed E-state index contributed by atoms with van der Waals surface area (Å²) in [6.07, 6.45) is 1.00. The lowest BCUT2D eigenvalue weighted by Gasteiger charge is -2.07. The van der Waals surface area contributed by atoms with Gasteiger partial charge < -0.3 is 5.32 Å². The minimum Gasteiger partial charge on any atom is -0.355 e. The first kappa shape index (κ1) is 13.0. The summed E-state index contributed by atoms with van der Waals surface area (Å²) >= 11 is 0. The molecular weight excluding hydrogens is 214 g/mol. The quantitative estimate of drug-likeness (QED) is 0.311. The summed E-state index contributed by atoms with van der Waals surface area (Å²) in [7, 11) is 0. The summed E-state index contributed by atoms with van der Waals surface area (Å²) in [6.45, 7) is 3.38. The monoisotopic (exact) mass is 231 g/mol. The lowest BCUT2D eigenvalue weighted by Crippen LogP contribution is -2.41. The molecule has 0 fully saturated rings. The van der Waals surface area contributed by atoms with Crippen LogP contribution in [0.2, 0.25) is 0 Å². The second-order valence-corrected chi connectivity index (χ2v) is 3.55. The van der Waals surface area contributed by atoms with Crippen molar-refractivity contribution < 1.29 is 0 Å². The van der Waals surface area contributed by atoms with Crippen molar-refractivity contribution in [1.82, 2.24) is 10.7 Å². The number of hydrogen-bond donors (Lipinski definition) is 3. The van der Waals surface area contributed by atoms with E-state index in [1.807, 2.05) is 18.2 Å². The van der Waals surface area contributed by atoms with E-state index >= 15 is 0 Å². The van der Waals surface area contributed by atoms with Gasteiger partial charge in [-0.15, -0.1) is 0 Å². The van der Waals surface area contributed by atoms with Crippen LogP contribution in [0.3, 0.4) is 0 Å². The molecule has 0 unspecified atom stereocenters. The summed E-state index contributed by atoms with van der Waals surface area (Å²) in [5, 5.41) is 11.8. The van der Waals surface area contributed by atoms with Crippen LogP contribution in [0.15, 0.2) is 29.3 Å². The Morgan fingerprint density at radius 2 is 2.35 bits per heavy atom. The Morgan fingerprint density at radius 1 is 1.53 bits per heavy atom. The highest BCUT2D eigenvalue weighted by Gasteiger charge is 1.96. The van der Waals surface area contributed by atoms with Gasteiger partial charge in [0.15, 0.2) is 0 Å². The fraction of sp³-hybridized carbons (Fsp3) is 0.333. The third-order valence-corrected chi connectivity index (χ3v) is 2.15. The first-order valence-electron chi connectivity index (χ1n) is 5.54. The number of guanidine groups is 1. The van der Waals surface area contributed by atoms with Gasteiger partial charge in [-0.25, -0.2) is 10.8 Å². The Balaban J connectivity index is 2.63. The number of nitriles is 1. The van der Waals surface area contributed by atoms with E-state index in [-0.39, 0.29) is 0 Å². The van der Waals surface area contributed by atoms with Gasteiger partial charge >= 0.3 is 0 Å². The van der Waals surface area contributed by atoms with Crippen LogP contribution in [-0.2, 0) is 6.54 Å². The second-order valence-electron chi connectivity index (χ2n) is 3.55. The number of hydrazine groups is 1. The number of nitrogens with two attached hydrogens (primary N) is 1. The maximum atomic E-state index is 8.77. The van der Waals surface area contributed by atoms with Gasteiger partial charge in [0, 0.05) is 6.54 Å². The van der Waals surface area contributed by atoms with Crippen LogP contribution < -0.4 is 16.6 Å². The van der Waals surface area contributed by atoms with E-state index in [1.165, 1.54) is 0 Å². The summed E-state index contributed by atoms with van der Waals surface area (Å²) in [5.41, 5.74) is 4.13. The van der Waals surface area contributed by atoms with E-state index in [1.54, 1.807) is 6.07 Å². The van der Waals surface area contributed by atoms with Gasteiger partial charge in [-0.2, -0.15) is 5.26 Å². The van der Waals surface area contributed by atoms with Gasteiger partial charge in [-0.05, 0) is 24.1 Å². The Bertz CT molecular complexity index is 419. The molecule has 0 aromatic heterocycles. The lowest BCUT2D eigenvalue weighted by molar-refractivity contribution is 0.790. The van der Waals surface area contributed by atoms with Crippen molar-refractivity contribution in [2.75, 3.05) is 6.54 Å². The summed E-state index contributed by atoms with van der Waals surface area (Å²) < 4.78 is 0. The molecule has 0 spiro atoms. The molecule has 4 N–H and O–H groups in total. The minimum absolute atomic E-state index is 0.492. The summed E-state index contributed by atoms with van der Waals surface area (Å²) in [6, 6.07) is 9.46. The molecule has 90 valence electrons. The van der Waals surface area contributed by atoms with Gasteiger partial charge in [-0.1, -0.05) is 19.1 Å². The van der Waals surface area contributed by atoms with Crippen molar-refractivity contribution in [1.29, 1.82) is 5.26 Å². The standard InChI is InChI=1S/C12H17N5/c1-2-6-15-12(17-14)16-9-11-5-3-4-10(7-11)8-13/h3-5,7H,2,6,9,14H2,1H3,(H2,15,16,17). The molecular formula is C12H17N5. The molecule has 0 aliphatic carbocycles. The summed E-state index contributed by atoms with van der Waals surface area (Å²) in [4.78, 5) is 4.29. The number of benzene rings is 1. The highest BCUT2D eigenvalue weighted by Crippen LogP contribution is 2.05. The average molecular weight is 231 g/mol. The van der Waals surface area contributed by atoms with E-state index in [0.29, 0.717) is 18.1 Å². The topological polar surface area (TPSA) is 86.2 Å². The van der Waals surface area contributed by atoms with Crippen LogP contribution in [0.25, 0.3) is 0 Å². The molecule has 1 rings (SSSR count). The largest absolute Gasteiger partial charge is 0.355 e. The molecule has 0 amide bonds. The Morgan fingerprint density at radius 3 is 3.00 bits per heavy atom. The zero-order valence-electron chi connectivity index (χ0n) is 9.90. The van der Waals surface area contributed by atoms with Gasteiger partial charge in [0.2, 0.25) is 5.96 Å². The highest BCUT2D eigenvalue weighted by atomic mass is 15.3. The number of aliphatic imine (C=N–C) groups is 1. The van der Waals surface area contributed by atoms with E-state index in [0.717, 1.165) is 18.5 Å². The lowest BCUT2D eigenvalue weighted by atomic mass is 10.1. The predicted molar refractivity (Wildman–Crippen MR) is 67.9 cm³/mol. The zero-order chi connectivity index (χ0) is 12.5. The van der Waals surface area contributed by atoms with Crippen molar-refractivity contribution >= 4 is 5.96 Å². The molecule has 17 heavy (non-hydrogen) atoms. The van der Waals surface area contributed by atoms with Crippen LogP contribution in [0.4, 0.5) is 0 Å². The van der Waals surface area contributed by atoms with Crippen LogP contribution in [-0.4, -0.2) is 12.5 Å². The molecule has 0 aliphatic heterocycles. The third-order valence-electron chi connectivity index (χ3n) is 2.15. The molecule has 0 aliphatic rings. The molecule has 0 bridgehead atoms. The maximum absolute atomic E-state index is 8.77. The number of hydrogen-bond acceptors (Lipinski definition) is 3. The normalized spacial score (nSPS) is 10.8. The van der Waals surface area contributed by atoms with Gasteiger partial charge in [0.1, 0.15) is 0 Å². The SMILES string of the molecule is CCCNC(=NCc1cccc(C#N)c1)NN. The molecule has 0 saturated heterocycles. The summed E-state index contributed by atoms with van der Waals surface area (Å²) in [5.74, 6) is 5.90. The fourth-order valence-electron chi connectivity index (χ4n) is 1.31. The van der Waals surface area contributed by atoms with Gasteiger partial charge in [0.05, 0.1) is 18.2 Å². The molecule has 0 atom stereocenters. The van der Waals surface area contributed by atoms with Crippen LogP contribution in [0.5, 0.6) is 0 Å². The van der Waals surface area contributed by atoms with Gasteiger partial charge in [0.25, 0.3) is 0 Å². The molecule has 5 heteroatoms. The van der Waals surface area contributed by atoms with Crippen molar-refractivity contribution in [3.05, 3.63) is 35.4 Å². The molecule has 5 nitrogen and oxygen atoms in total. The molecule has 0 heterocycles. The van der Waals surface area contributed by atoms with Crippen molar-refractivity contribution in [2.24, 2.45) is 10.8 Å². The maximum Gasteiger partial charge on any atom is 0.206 e. The molecule has 1 aromatic carbocycles. The smallest absolute Gasteiger partial charge is 0.206 e. The van der Waals surface area contributed by atoms with Crippen molar-refractivity contribution in [3.8, 4) is 6.07 Å².